The van der Waals surface area contributed by atoms with Crippen LogP contribution in [0.1, 0.15) is 12.7 Å². The standard InChI is InChI=1S/C16H18N2O4S2/c1-12(19)18-7-9-23-16-10-14(5-6-15(16)18)24(20,21)17(2)11-13-4-3-8-22-13/h3-6,8,10H,7,9,11H2,1-2H3. The van der Waals surface area contributed by atoms with Crippen LogP contribution in [0.2, 0.25) is 0 Å². The highest BCUT2D eigenvalue weighted by atomic mass is 32.2. The van der Waals surface area contributed by atoms with E-state index in [1.165, 1.54) is 24.5 Å². The molecule has 0 radical (unpaired) electrons. The molecule has 8 heteroatoms. The van der Waals surface area contributed by atoms with Gasteiger partial charge in [-0.3, -0.25) is 4.79 Å². The number of amides is 1. The van der Waals surface area contributed by atoms with Gasteiger partial charge in [-0.15, -0.1) is 11.8 Å². The van der Waals surface area contributed by atoms with Gasteiger partial charge in [0.2, 0.25) is 15.9 Å². The lowest BCUT2D eigenvalue weighted by Gasteiger charge is -2.28. The number of nitrogens with zero attached hydrogens (tertiary/aromatic N) is 2. The van der Waals surface area contributed by atoms with Gasteiger partial charge >= 0.3 is 0 Å². The second-order valence-electron chi connectivity index (χ2n) is 5.49. The Morgan fingerprint density at radius 1 is 1.38 bits per heavy atom. The number of sulfonamides is 1. The fraction of sp³-hybridized carbons (Fsp3) is 0.312. The predicted molar refractivity (Wildman–Crippen MR) is 92.6 cm³/mol. The molecule has 1 amide bonds. The van der Waals surface area contributed by atoms with Crippen LogP contribution in [0.15, 0.2) is 50.8 Å². The number of fused-ring (bicyclic) bond motifs is 1. The molecule has 0 aliphatic carbocycles. The average molecular weight is 366 g/mol. The lowest BCUT2D eigenvalue weighted by atomic mass is 10.2. The van der Waals surface area contributed by atoms with Gasteiger partial charge in [-0.05, 0) is 30.3 Å². The topological polar surface area (TPSA) is 70.8 Å². The minimum Gasteiger partial charge on any atom is -0.468 e. The molecule has 0 N–H and O–H groups in total. The molecule has 1 aliphatic rings. The number of hydrogen-bond acceptors (Lipinski definition) is 5. The van der Waals surface area contributed by atoms with Gasteiger partial charge in [0.15, 0.2) is 0 Å². The molecular weight excluding hydrogens is 348 g/mol. The molecule has 1 aliphatic heterocycles. The van der Waals surface area contributed by atoms with Crippen LogP contribution in [0.4, 0.5) is 5.69 Å². The maximum Gasteiger partial charge on any atom is 0.243 e. The van der Waals surface area contributed by atoms with E-state index in [0.717, 1.165) is 16.3 Å². The van der Waals surface area contributed by atoms with Crippen molar-refractivity contribution >= 4 is 33.4 Å². The highest BCUT2D eigenvalue weighted by Crippen LogP contribution is 2.36. The Morgan fingerprint density at radius 2 is 2.17 bits per heavy atom. The summed E-state index contributed by atoms with van der Waals surface area (Å²) in [6.07, 6.45) is 1.52. The third kappa shape index (κ3) is 3.22. The fourth-order valence-electron chi connectivity index (χ4n) is 2.57. The Kier molecular flexibility index (Phi) is 4.71. The van der Waals surface area contributed by atoms with Crippen molar-refractivity contribution in [3.63, 3.8) is 0 Å². The third-order valence-electron chi connectivity index (χ3n) is 3.84. The molecule has 0 bridgehead atoms. The Labute approximate surface area is 145 Å². The smallest absolute Gasteiger partial charge is 0.243 e. The lowest BCUT2D eigenvalue weighted by molar-refractivity contribution is -0.116. The molecule has 2 aromatic rings. The quantitative estimate of drug-likeness (QED) is 0.832. The molecule has 0 fully saturated rings. The molecule has 128 valence electrons. The van der Waals surface area contributed by atoms with Crippen molar-refractivity contribution < 1.29 is 17.6 Å². The first-order valence-corrected chi connectivity index (χ1v) is 9.86. The van der Waals surface area contributed by atoms with Gasteiger partial charge in [0.25, 0.3) is 0 Å². The average Bonchev–Trinajstić information content (AvgIpc) is 3.06. The molecular formula is C16H18N2O4S2. The van der Waals surface area contributed by atoms with Gasteiger partial charge in [0.05, 0.1) is 23.4 Å². The Hall–Kier alpha value is -1.77. The maximum absolute atomic E-state index is 12.8. The predicted octanol–water partition coefficient (Wildman–Crippen LogP) is 2.56. The van der Waals surface area contributed by atoms with Crippen LogP contribution in [0.3, 0.4) is 0 Å². The number of anilines is 1. The number of carbonyl (C=O) groups is 1. The summed E-state index contributed by atoms with van der Waals surface area (Å²) < 4.78 is 32.0. The molecule has 0 saturated heterocycles. The van der Waals surface area contributed by atoms with Crippen molar-refractivity contribution in [2.24, 2.45) is 0 Å². The molecule has 0 spiro atoms. The van der Waals surface area contributed by atoms with Crippen LogP contribution in [-0.4, -0.2) is 38.0 Å². The zero-order valence-electron chi connectivity index (χ0n) is 13.4. The first-order valence-electron chi connectivity index (χ1n) is 7.43. The minimum atomic E-state index is -3.63. The zero-order chi connectivity index (χ0) is 17.3. The molecule has 0 unspecified atom stereocenters. The minimum absolute atomic E-state index is 0.0397. The summed E-state index contributed by atoms with van der Waals surface area (Å²) in [6, 6.07) is 8.36. The van der Waals surface area contributed by atoms with Crippen LogP contribution in [0.25, 0.3) is 0 Å². The van der Waals surface area contributed by atoms with Crippen molar-refractivity contribution in [2.45, 2.75) is 23.3 Å². The van der Waals surface area contributed by atoms with Gasteiger partial charge < -0.3 is 9.32 Å². The van der Waals surface area contributed by atoms with Crippen molar-refractivity contribution in [2.75, 3.05) is 24.2 Å². The summed E-state index contributed by atoms with van der Waals surface area (Å²) >= 11 is 1.56. The van der Waals surface area contributed by atoms with Gasteiger partial charge in [-0.1, -0.05) is 0 Å². The van der Waals surface area contributed by atoms with E-state index in [9.17, 15) is 13.2 Å². The number of rotatable bonds is 4. The van der Waals surface area contributed by atoms with Gasteiger partial charge in [0, 0.05) is 31.2 Å². The Morgan fingerprint density at radius 3 is 2.83 bits per heavy atom. The van der Waals surface area contributed by atoms with E-state index in [0.29, 0.717) is 12.3 Å². The summed E-state index contributed by atoms with van der Waals surface area (Å²) in [5.74, 6) is 1.29. The summed E-state index contributed by atoms with van der Waals surface area (Å²) in [6.45, 7) is 2.32. The third-order valence-corrected chi connectivity index (χ3v) is 6.67. The second kappa shape index (κ2) is 6.62. The van der Waals surface area contributed by atoms with Gasteiger partial charge in [-0.25, -0.2) is 8.42 Å². The van der Waals surface area contributed by atoms with Crippen LogP contribution in [0.5, 0.6) is 0 Å². The summed E-state index contributed by atoms with van der Waals surface area (Å²) in [5.41, 5.74) is 0.770. The normalized spacial score (nSPS) is 14.7. The van der Waals surface area contributed by atoms with Crippen molar-refractivity contribution in [1.29, 1.82) is 0 Å². The molecule has 1 aromatic heterocycles. The van der Waals surface area contributed by atoms with Crippen LogP contribution in [0, 0.1) is 0 Å². The van der Waals surface area contributed by atoms with E-state index in [1.807, 2.05) is 0 Å². The second-order valence-corrected chi connectivity index (χ2v) is 8.67. The van der Waals surface area contributed by atoms with E-state index < -0.39 is 10.0 Å². The molecule has 0 saturated carbocycles. The number of hydrogen-bond donors (Lipinski definition) is 0. The van der Waals surface area contributed by atoms with E-state index in [2.05, 4.69) is 0 Å². The molecule has 24 heavy (non-hydrogen) atoms. The van der Waals surface area contributed by atoms with E-state index >= 15 is 0 Å². The maximum atomic E-state index is 12.8. The number of benzene rings is 1. The van der Waals surface area contributed by atoms with Gasteiger partial charge in [-0.2, -0.15) is 4.31 Å². The largest absolute Gasteiger partial charge is 0.468 e. The van der Waals surface area contributed by atoms with Crippen LogP contribution < -0.4 is 4.90 Å². The van der Waals surface area contributed by atoms with Crippen LogP contribution in [-0.2, 0) is 21.4 Å². The number of thioether (sulfide) groups is 1. The van der Waals surface area contributed by atoms with E-state index in [1.54, 1.807) is 47.0 Å². The first-order chi connectivity index (χ1) is 11.4. The van der Waals surface area contributed by atoms with Gasteiger partial charge in [0.1, 0.15) is 5.76 Å². The molecule has 2 heterocycles. The van der Waals surface area contributed by atoms with Crippen molar-refractivity contribution in [3.05, 3.63) is 42.4 Å². The SMILES string of the molecule is CC(=O)N1CCSc2cc(S(=O)(=O)N(C)Cc3ccco3)ccc21. The highest BCUT2D eigenvalue weighted by Gasteiger charge is 2.26. The monoisotopic (exact) mass is 366 g/mol. The number of carbonyl (C=O) groups excluding carboxylic acids is 1. The van der Waals surface area contributed by atoms with Crippen molar-refractivity contribution in [3.8, 4) is 0 Å². The molecule has 1 aromatic carbocycles. The van der Waals surface area contributed by atoms with Crippen LogP contribution >= 0.6 is 11.8 Å². The van der Waals surface area contributed by atoms with E-state index in [-0.39, 0.29) is 17.3 Å². The Balaban J connectivity index is 1.90. The number of furan rings is 1. The molecule has 6 nitrogen and oxygen atoms in total. The summed E-state index contributed by atoms with van der Waals surface area (Å²) in [4.78, 5) is 14.4. The lowest BCUT2D eigenvalue weighted by Crippen LogP contribution is -2.33. The summed E-state index contributed by atoms with van der Waals surface area (Å²) in [7, 11) is -2.11. The first kappa shape index (κ1) is 17.1. The highest BCUT2D eigenvalue weighted by molar-refractivity contribution is 7.99. The zero-order valence-corrected chi connectivity index (χ0v) is 15.1. The molecule has 3 rings (SSSR count). The molecule has 0 atom stereocenters. The summed E-state index contributed by atoms with van der Waals surface area (Å²) in [5, 5.41) is 0. The Bertz CT molecular complexity index is 847. The van der Waals surface area contributed by atoms with E-state index in [4.69, 9.17) is 4.42 Å². The fourth-order valence-corrected chi connectivity index (χ4v) is 4.84. The van der Waals surface area contributed by atoms with Crippen molar-refractivity contribution in [1.82, 2.24) is 4.31 Å².